The van der Waals surface area contributed by atoms with Crippen LogP contribution in [0.25, 0.3) is 17.1 Å². The van der Waals surface area contributed by atoms with Crippen LogP contribution in [-0.4, -0.2) is 43.4 Å². The van der Waals surface area contributed by atoms with Crippen LogP contribution in [0.15, 0.2) is 47.0 Å². The lowest BCUT2D eigenvalue weighted by Gasteiger charge is -2.08. The van der Waals surface area contributed by atoms with Crippen LogP contribution in [0, 0.1) is 12.7 Å². The Balaban J connectivity index is 1.39. The second kappa shape index (κ2) is 8.69. The van der Waals surface area contributed by atoms with Crippen molar-refractivity contribution >= 4 is 11.6 Å². The quantitative estimate of drug-likeness (QED) is 0.482. The predicted molar refractivity (Wildman–Crippen MR) is 107 cm³/mol. The first-order valence-electron chi connectivity index (χ1n) is 9.35. The van der Waals surface area contributed by atoms with Crippen molar-refractivity contribution in [1.29, 1.82) is 0 Å². The van der Waals surface area contributed by atoms with E-state index in [9.17, 15) is 9.18 Å². The molecule has 10 nitrogen and oxygen atoms in total. The molecule has 31 heavy (non-hydrogen) atoms. The zero-order valence-electron chi connectivity index (χ0n) is 16.7. The van der Waals surface area contributed by atoms with Gasteiger partial charge in [-0.05, 0) is 59.8 Å². The van der Waals surface area contributed by atoms with E-state index in [-0.39, 0.29) is 18.5 Å². The van der Waals surface area contributed by atoms with E-state index >= 15 is 0 Å². The van der Waals surface area contributed by atoms with Crippen molar-refractivity contribution in [2.24, 2.45) is 0 Å². The highest BCUT2D eigenvalue weighted by Gasteiger charge is 2.14. The molecule has 0 aliphatic heterocycles. The number of hydrogen-bond acceptors (Lipinski definition) is 8. The molecule has 0 aliphatic carbocycles. The maximum Gasteiger partial charge on any atom is 0.227 e. The van der Waals surface area contributed by atoms with E-state index in [1.54, 1.807) is 26.2 Å². The number of tetrazole rings is 1. The SMILES string of the molecule is COc1ccc(-c2noc(CCC(=O)Nc3cc(-n4nnnc4C)ccc3F)n2)cc1. The Morgan fingerprint density at radius 2 is 2.03 bits per heavy atom. The first kappa shape index (κ1) is 20.1. The number of aromatic nitrogens is 6. The highest BCUT2D eigenvalue weighted by molar-refractivity contribution is 5.91. The second-order valence-corrected chi connectivity index (χ2v) is 6.59. The summed E-state index contributed by atoms with van der Waals surface area (Å²) in [7, 11) is 1.58. The summed E-state index contributed by atoms with van der Waals surface area (Å²) in [4.78, 5) is 16.6. The van der Waals surface area contributed by atoms with Crippen LogP contribution >= 0.6 is 0 Å². The minimum Gasteiger partial charge on any atom is -0.497 e. The third kappa shape index (κ3) is 4.55. The molecule has 0 spiro atoms. The Hall–Kier alpha value is -4.15. The number of anilines is 1. The van der Waals surface area contributed by atoms with Gasteiger partial charge >= 0.3 is 0 Å². The molecule has 0 saturated heterocycles. The topological polar surface area (TPSA) is 121 Å². The molecule has 0 radical (unpaired) electrons. The summed E-state index contributed by atoms with van der Waals surface area (Å²) in [5.74, 6) is 1.01. The number of halogens is 1. The Labute approximate surface area is 176 Å². The molecule has 158 valence electrons. The van der Waals surface area contributed by atoms with Crippen LogP contribution < -0.4 is 10.1 Å². The van der Waals surface area contributed by atoms with E-state index < -0.39 is 11.7 Å². The average Bonchev–Trinajstić information content (AvgIpc) is 3.43. The number of nitrogens with one attached hydrogen (secondary N) is 1. The number of aryl methyl sites for hydroxylation is 2. The number of benzene rings is 2. The Bertz CT molecular complexity index is 1200. The molecule has 2 heterocycles. The van der Waals surface area contributed by atoms with Gasteiger partial charge < -0.3 is 14.6 Å². The van der Waals surface area contributed by atoms with Crippen LogP contribution in [0.2, 0.25) is 0 Å². The monoisotopic (exact) mass is 423 g/mol. The number of rotatable bonds is 7. The van der Waals surface area contributed by atoms with Crippen molar-refractivity contribution in [1.82, 2.24) is 30.3 Å². The van der Waals surface area contributed by atoms with E-state index in [0.717, 1.165) is 11.3 Å². The largest absolute Gasteiger partial charge is 0.497 e. The van der Waals surface area contributed by atoms with Gasteiger partial charge in [0.25, 0.3) is 0 Å². The standard InChI is InChI=1S/C20H18FN7O3/c1-12-24-26-27-28(12)14-5-8-16(21)17(11-14)22-18(29)9-10-19-23-20(25-31-19)13-3-6-15(30-2)7-4-13/h3-8,11H,9-10H2,1-2H3,(H,22,29). The van der Waals surface area contributed by atoms with E-state index in [4.69, 9.17) is 9.26 Å². The Morgan fingerprint density at radius 3 is 2.74 bits per heavy atom. The van der Waals surface area contributed by atoms with E-state index in [1.807, 2.05) is 12.1 Å². The lowest BCUT2D eigenvalue weighted by Crippen LogP contribution is -2.14. The highest BCUT2D eigenvalue weighted by atomic mass is 19.1. The summed E-state index contributed by atoms with van der Waals surface area (Å²) in [6, 6.07) is 11.4. The van der Waals surface area contributed by atoms with Gasteiger partial charge in [-0.15, -0.1) is 5.10 Å². The number of nitrogens with zero attached hydrogens (tertiary/aromatic N) is 6. The number of carbonyl (C=O) groups excluding carboxylic acids is 1. The summed E-state index contributed by atoms with van der Waals surface area (Å²) in [5.41, 5.74) is 1.32. The fourth-order valence-corrected chi connectivity index (χ4v) is 2.86. The molecule has 0 atom stereocenters. The van der Waals surface area contributed by atoms with Gasteiger partial charge in [0.2, 0.25) is 17.6 Å². The normalized spacial score (nSPS) is 10.8. The molecule has 1 N–H and O–H groups in total. The van der Waals surface area contributed by atoms with Crippen molar-refractivity contribution < 1.29 is 18.4 Å². The molecule has 1 amide bonds. The molecule has 0 fully saturated rings. The van der Waals surface area contributed by atoms with Gasteiger partial charge in [-0.2, -0.15) is 9.67 Å². The average molecular weight is 423 g/mol. The molecule has 11 heteroatoms. The molecule has 0 saturated carbocycles. The van der Waals surface area contributed by atoms with E-state index in [0.29, 0.717) is 23.2 Å². The number of hydrogen-bond donors (Lipinski definition) is 1. The lowest BCUT2D eigenvalue weighted by atomic mass is 10.2. The molecule has 4 aromatic rings. The predicted octanol–water partition coefficient (Wildman–Crippen LogP) is 2.74. The molecule has 0 aliphatic rings. The number of ether oxygens (including phenoxy) is 1. The fraction of sp³-hybridized carbons (Fsp3) is 0.200. The minimum atomic E-state index is -0.567. The zero-order chi connectivity index (χ0) is 21.8. The smallest absolute Gasteiger partial charge is 0.227 e. The number of carbonyl (C=O) groups is 1. The first-order valence-corrected chi connectivity index (χ1v) is 9.35. The van der Waals surface area contributed by atoms with Gasteiger partial charge in [-0.3, -0.25) is 4.79 Å². The number of methoxy groups -OCH3 is 1. The fourth-order valence-electron chi connectivity index (χ4n) is 2.86. The summed E-state index contributed by atoms with van der Waals surface area (Å²) >= 11 is 0. The van der Waals surface area contributed by atoms with Crippen molar-refractivity contribution in [2.75, 3.05) is 12.4 Å². The van der Waals surface area contributed by atoms with Gasteiger partial charge in [-0.25, -0.2) is 4.39 Å². The zero-order valence-corrected chi connectivity index (χ0v) is 16.7. The molecule has 0 unspecified atom stereocenters. The Morgan fingerprint density at radius 1 is 1.23 bits per heavy atom. The molecular formula is C20H18FN7O3. The molecular weight excluding hydrogens is 405 g/mol. The van der Waals surface area contributed by atoms with Crippen molar-refractivity contribution in [2.45, 2.75) is 19.8 Å². The highest BCUT2D eigenvalue weighted by Crippen LogP contribution is 2.21. The third-order valence-corrected chi connectivity index (χ3v) is 4.48. The maximum absolute atomic E-state index is 14.2. The Kier molecular flexibility index (Phi) is 5.65. The van der Waals surface area contributed by atoms with Crippen LogP contribution in [-0.2, 0) is 11.2 Å². The number of amides is 1. The van der Waals surface area contributed by atoms with Gasteiger partial charge in [0.15, 0.2) is 5.82 Å². The van der Waals surface area contributed by atoms with Crippen LogP contribution in [0.4, 0.5) is 10.1 Å². The minimum absolute atomic E-state index is 0.0295. The van der Waals surface area contributed by atoms with Crippen molar-refractivity contribution in [3.05, 3.63) is 60.0 Å². The summed E-state index contributed by atoms with van der Waals surface area (Å²) in [6.45, 7) is 1.71. The summed E-state index contributed by atoms with van der Waals surface area (Å²) < 4.78 is 25.9. The lowest BCUT2D eigenvalue weighted by molar-refractivity contribution is -0.116. The maximum atomic E-state index is 14.2. The van der Waals surface area contributed by atoms with Gasteiger partial charge in [0.1, 0.15) is 11.6 Å². The summed E-state index contributed by atoms with van der Waals surface area (Å²) in [6.07, 6.45) is 0.250. The summed E-state index contributed by atoms with van der Waals surface area (Å²) in [5, 5.41) is 17.7. The second-order valence-electron chi connectivity index (χ2n) is 6.59. The van der Waals surface area contributed by atoms with Gasteiger partial charge in [-0.1, -0.05) is 5.16 Å². The van der Waals surface area contributed by atoms with Crippen LogP contribution in [0.5, 0.6) is 5.75 Å². The van der Waals surface area contributed by atoms with E-state index in [1.165, 1.54) is 22.9 Å². The van der Waals surface area contributed by atoms with Gasteiger partial charge in [0.05, 0.1) is 18.5 Å². The van der Waals surface area contributed by atoms with Gasteiger partial charge in [0, 0.05) is 18.4 Å². The van der Waals surface area contributed by atoms with Crippen LogP contribution in [0.1, 0.15) is 18.1 Å². The molecule has 2 aromatic heterocycles. The first-order chi connectivity index (χ1) is 15.0. The van der Waals surface area contributed by atoms with Crippen molar-refractivity contribution in [3.8, 4) is 22.8 Å². The molecule has 4 rings (SSSR count). The van der Waals surface area contributed by atoms with Crippen molar-refractivity contribution in [3.63, 3.8) is 0 Å². The van der Waals surface area contributed by atoms with E-state index in [2.05, 4.69) is 31.0 Å². The molecule has 2 aromatic carbocycles. The molecule has 0 bridgehead atoms. The van der Waals surface area contributed by atoms with Crippen LogP contribution in [0.3, 0.4) is 0 Å². The third-order valence-electron chi connectivity index (χ3n) is 4.48.